The summed E-state index contributed by atoms with van der Waals surface area (Å²) in [7, 11) is 0. The molecule has 0 radical (unpaired) electrons. The number of thiocarbonyl (C=S) groups is 1. The van der Waals surface area contributed by atoms with Crippen LogP contribution < -0.4 is 19.9 Å². The SMILES string of the molecule is O=C1C(=Cc2c(N3CCN(Cc4ccc5c(c4)OCO5)CC3)nc3ccccn3c2=O)SC(=S)N1C1CCCCC1. The van der Waals surface area contributed by atoms with Crippen LogP contribution in [0.1, 0.15) is 43.2 Å². The number of amides is 1. The Kier molecular flexibility index (Phi) is 7.18. The van der Waals surface area contributed by atoms with Crippen molar-refractivity contribution in [2.45, 2.75) is 44.7 Å². The van der Waals surface area contributed by atoms with E-state index in [2.05, 4.69) is 15.9 Å². The number of anilines is 1. The number of carbonyl (C=O) groups excluding carboxylic acids is 1. The highest BCUT2D eigenvalue weighted by Crippen LogP contribution is 2.38. The summed E-state index contributed by atoms with van der Waals surface area (Å²) in [6.45, 7) is 4.12. The molecule has 1 amide bonds. The maximum Gasteiger partial charge on any atom is 0.267 e. The molecule has 0 bridgehead atoms. The number of piperazine rings is 1. The van der Waals surface area contributed by atoms with E-state index in [0.29, 0.717) is 39.3 Å². The first-order valence-corrected chi connectivity index (χ1v) is 15.4. The van der Waals surface area contributed by atoms with Crippen LogP contribution >= 0.6 is 24.0 Å². The Hall–Kier alpha value is -3.41. The van der Waals surface area contributed by atoms with Gasteiger partial charge in [-0.25, -0.2) is 4.98 Å². The van der Waals surface area contributed by atoms with E-state index in [1.165, 1.54) is 23.7 Å². The second kappa shape index (κ2) is 11.1. The van der Waals surface area contributed by atoms with Gasteiger partial charge in [-0.2, -0.15) is 0 Å². The summed E-state index contributed by atoms with van der Waals surface area (Å²) in [6, 6.07) is 11.8. The van der Waals surface area contributed by atoms with E-state index in [9.17, 15) is 9.59 Å². The first kappa shape index (κ1) is 26.5. The standard InChI is InChI=1S/C30H31N5O4S2/c36-28-22(17-25-29(37)35(30(40)41-25)21-6-2-1-3-7-21)27(31-26-8-4-5-11-34(26)28)33-14-12-32(13-15-33)18-20-9-10-23-24(16-20)39-19-38-23/h4-5,8-11,16-17,21H,1-3,6-7,12-15,18-19H2. The number of fused-ring (bicyclic) bond motifs is 2. The second-order valence-corrected chi connectivity index (χ2v) is 12.6. The molecule has 3 aromatic rings. The van der Waals surface area contributed by atoms with Crippen LogP contribution in [-0.2, 0) is 11.3 Å². The van der Waals surface area contributed by atoms with E-state index in [-0.39, 0.29) is 24.3 Å². The fourth-order valence-electron chi connectivity index (χ4n) is 6.14. The lowest BCUT2D eigenvalue weighted by atomic mass is 9.94. The number of aromatic nitrogens is 2. The molecule has 3 aliphatic heterocycles. The summed E-state index contributed by atoms with van der Waals surface area (Å²) < 4.78 is 13.1. The van der Waals surface area contributed by atoms with Gasteiger partial charge in [0.1, 0.15) is 15.8 Å². The fraction of sp³-hybridized carbons (Fsp3) is 0.400. The molecule has 2 aromatic heterocycles. The molecule has 2 saturated heterocycles. The van der Waals surface area contributed by atoms with Gasteiger partial charge in [0.2, 0.25) is 6.79 Å². The molecule has 41 heavy (non-hydrogen) atoms. The first-order valence-electron chi connectivity index (χ1n) is 14.2. The van der Waals surface area contributed by atoms with Gasteiger partial charge in [0.15, 0.2) is 11.5 Å². The molecule has 1 aromatic carbocycles. The van der Waals surface area contributed by atoms with E-state index in [1.54, 1.807) is 21.6 Å². The number of ether oxygens (including phenoxy) is 2. The smallest absolute Gasteiger partial charge is 0.267 e. The number of rotatable bonds is 5. The average Bonchev–Trinajstić information content (AvgIpc) is 3.58. The van der Waals surface area contributed by atoms with Crippen LogP contribution in [0.3, 0.4) is 0 Å². The largest absolute Gasteiger partial charge is 0.454 e. The number of benzene rings is 1. The number of pyridine rings is 1. The van der Waals surface area contributed by atoms with Crippen LogP contribution in [0.2, 0.25) is 0 Å². The molecule has 11 heteroatoms. The van der Waals surface area contributed by atoms with Crippen molar-refractivity contribution in [2.75, 3.05) is 37.9 Å². The quantitative estimate of drug-likeness (QED) is 0.320. The van der Waals surface area contributed by atoms with Crippen molar-refractivity contribution in [3.8, 4) is 11.5 Å². The van der Waals surface area contributed by atoms with Crippen molar-refractivity contribution in [1.82, 2.24) is 19.2 Å². The summed E-state index contributed by atoms with van der Waals surface area (Å²) in [5.74, 6) is 2.10. The Morgan fingerprint density at radius 2 is 1.80 bits per heavy atom. The van der Waals surface area contributed by atoms with Gasteiger partial charge in [-0.1, -0.05) is 55.4 Å². The lowest BCUT2D eigenvalue weighted by molar-refractivity contribution is -0.124. The molecule has 0 N–H and O–H groups in total. The van der Waals surface area contributed by atoms with Gasteiger partial charge in [-0.3, -0.25) is 23.8 Å². The normalized spacial score (nSPS) is 21.0. The van der Waals surface area contributed by atoms with Crippen molar-refractivity contribution in [3.63, 3.8) is 0 Å². The summed E-state index contributed by atoms with van der Waals surface area (Å²) in [4.78, 5) is 39.1. The molecule has 212 valence electrons. The molecule has 0 atom stereocenters. The Morgan fingerprint density at radius 3 is 2.63 bits per heavy atom. The zero-order chi connectivity index (χ0) is 27.9. The van der Waals surface area contributed by atoms with Crippen molar-refractivity contribution in [1.29, 1.82) is 0 Å². The monoisotopic (exact) mass is 589 g/mol. The molecule has 5 heterocycles. The van der Waals surface area contributed by atoms with Gasteiger partial charge in [0, 0.05) is 45.0 Å². The van der Waals surface area contributed by atoms with E-state index < -0.39 is 0 Å². The molecule has 1 aliphatic carbocycles. The minimum Gasteiger partial charge on any atom is -0.454 e. The van der Waals surface area contributed by atoms with Gasteiger partial charge in [-0.05, 0) is 48.7 Å². The third kappa shape index (κ3) is 5.11. The summed E-state index contributed by atoms with van der Waals surface area (Å²) in [5, 5.41) is 0. The van der Waals surface area contributed by atoms with E-state index in [4.69, 9.17) is 26.7 Å². The van der Waals surface area contributed by atoms with Gasteiger partial charge in [-0.15, -0.1) is 0 Å². The van der Waals surface area contributed by atoms with E-state index >= 15 is 0 Å². The predicted octanol–water partition coefficient (Wildman–Crippen LogP) is 4.28. The molecule has 7 rings (SSSR count). The zero-order valence-corrected chi connectivity index (χ0v) is 24.3. The predicted molar refractivity (Wildman–Crippen MR) is 163 cm³/mol. The molecule has 0 unspecified atom stereocenters. The number of hydrogen-bond donors (Lipinski definition) is 0. The van der Waals surface area contributed by atoms with Crippen LogP contribution in [0.5, 0.6) is 11.5 Å². The Morgan fingerprint density at radius 1 is 1.00 bits per heavy atom. The van der Waals surface area contributed by atoms with E-state index in [1.807, 2.05) is 30.3 Å². The highest BCUT2D eigenvalue weighted by Gasteiger charge is 2.38. The molecule has 1 saturated carbocycles. The molecule has 9 nitrogen and oxygen atoms in total. The summed E-state index contributed by atoms with van der Waals surface area (Å²) in [5.41, 5.74) is 2.01. The first-order chi connectivity index (χ1) is 20.0. The van der Waals surface area contributed by atoms with E-state index in [0.717, 1.165) is 56.8 Å². The molecular formula is C30H31N5O4S2. The maximum atomic E-state index is 13.8. The average molecular weight is 590 g/mol. The van der Waals surface area contributed by atoms with Crippen molar-refractivity contribution in [3.05, 3.63) is 69.0 Å². The van der Waals surface area contributed by atoms with Gasteiger partial charge >= 0.3 is 0 Å². The fourth-order valence-corrected chi connectivity index (χ4v) is 7.52. The highest BCUT2D eigenvalue weighted by atomic mass is 32.2. The summed E-state index contributed by atoms with van der Waals surface area (Å²) in [6.07, 6.45) is 8.83. The number of thioether (sulfide) groups is 1. The molecule has 3 fully saturated rings. The number of nitrogens with zero attached hydrogens (tertiary/aromatic N) is 5. The van der Waals surface area contributed by atoms with Gasteiger partial charge < -0.3 is 14.4 Å². The van der Waals surface area contributed by atoms with Crippen molar-refractivity contribution < 1.29 is 14.3 Å². The Bertz CT molecular complexity index is 1610. The van der Waals surface area contributed by atoms with Crippen LogP contribution in [0.25, 0.3) is 11.7 Å². The number of hydrogen-bond acceptors (Lipinski definition) is 9. The molecular weight excluding hydrogens is 558 g/mol. The lowest BCUT2D eigenvalue weighted by Gasteiger charge is -2.36. The Labute approximate surface area is 247 Å². The maximum absolute atomic E-state index is 13.8. The van der Waals surface area contributed by atoms with Crippen molar-refractivity contribution >= 4 is 51.7 Å². The van der Waals surface area contributed by atoms with Gasteiger partial charge in [0.25, 0.3) is 11.5 Å². The second-order valence-electron chi connectivity index (χ2n) is 10.9. The minimum absolute atomic E-state index is 0.0936. The molecule has 0 spiro atoms. The van der Waals surface area contributed by atoms with Crippen LogP contribution in [0.4, 0.5) is 5.82 Å². The summed E-state index contributed by atoms with van der Waals surface area (Å²) >= 11 is 6.95. The Balaban J connectivity index is 1.15. The van der Waals surface area contributed by atoms with Crippen LogP contribution in [-0.4, -0.2) is 68.4 Å². The van der Waals surface area contributed by atoms with Crippen LogP contribution in [0.15, 0.2) is 52.3 Å². The molecule has 4 aliphatic rings. The minimum atomic E-state index is -0.184. The van der Waals surface area contributed by atoms with Crippen LogP contribution in [0, 0.1) is 0 Å². The topological polar surface area (TPSA) is 79.6 Å². The van der Waals surface area contributed by atoms with Crippen molar-refractivity contribution in [2.24, 2.45) is 0 Å². The highest BCUT2D eigenvalue weighted by molar-refractivity contribution is 8.26. The lowest BCUT2D eigenvalue weighted by Crippen LogP contribution is -2.47. The number of carbonyl (C=O) groups is 1. The third-order valence-electron chi connectivity index (χ3n) is 8.30. The zero-order valence-electron chi connectivity index (χ0n) is 22.7. The third-order valence-corrected chi connectivity index (χ3v) is 9.63. The van der Waals surface area contributed by atoms with Gasteiger partial charge in [0.05, 0.1) is 10.5 Å².